The van der Waals surface area contributed by atoms with Crippen LogP contribution >= 0.6 is 12.4 Å². The van der Waals surface area contributed by atoms with E-state index in [1.165, 1.54) is 20.4 Å². The molecule has 18 heavy (non-hydrogen) atoms. The largest absolute Gasteiger partial charge is 0.467 e. The zero-order valence-corrected chi connectivity index (χ0v) is 11.0. The fourth-order valence-corrected chi connectivity index (χ4v) is 1.28. The maximum Gasteiger partial charge on any atom is 0.328 e. The summed E-state index contributed by atoms with van der Waals surface area (Å²) in [5.74, 6) is -0.920. The lowest BCUT2D eigenvalue weighted by Gasteiger charge is -2.15. The Labute approximate surface area is 111 Å². The number of methoxy groups -OCH3 is 1. The van der Waals surface area contributed by atoms with Gasteiger partial charge in [0.15, 0.2) is 0 Å². The zero-order chi connectivity index (χ0) is 12.8. The molecule has 0 bridgehead atoms. The van der Waals surface area contributed by atoms with Gasteiger partial charge in [0.05, 0.1) is 25.2 Å². The van der Waals surface area contributed by atoms with Gasteiger partial charge in [-0.1, -0.05) is 0 Å². The summed E-state index contributed by atoms with van der Waals surface area (Å²) in [6.07, 6.45) is 3.48. The summed E-state index contributed by atoms with van der Waals surface area (Å²) in [4.78, 5) is 29.4. The number of halogens is 1. The van der Waals surface area contributed by atoms with Gasteiger partial charge in [0.25, 0.3) is 0 Å². The Balaban J connectivity index is 0.00000289. The van der Waals surface area contributed by atoms with Gasteiger partial charge in [-0.3, -0.25) is 4.79 Å². The number of hydrogen-bond acceptors (Lipinski definition) is 5. The summed E-state index contributed by atoms with van der Waals surface area (Å²) in [7, 11) is 1.26. The topological polar surface area (TPSA) is 110 Å². The van der Waals surface area contributed by atoms with Gasteiger partial charge < -0.3 is 20.8 Å². The Morgan fingerprint density at radius 2 is 2.28 bits per heavy atom. The van der Waals surface area contributed by atoms with Gasteiger partial charge in [-0.2, -0.15) is 0 Å². The minimum absolute atomic E-state index is 0. The number of nitrogens with one attached hydrogen (secondary N) is 2. The Hall–Kier alpha value is -1.60. The van der Waals surface area contributed by atoms with Gasteiger partial charge >= 0.3 is 5.97 Å². The second-order valence-corrected chi connectivity index (χ2v) is 3.62. The highest BCUT2D eigenvalue weighted by Crippen LogP contribution is 1.97. The first-order valence-corrected chi connectivity index (χ1v) is 5.16. The molecule has 0 radical (unpaired) electrons. The fourth-order valence-electron chi connectivity index (χ4n) is 1.28. The number of nitrogens with two attached hydrogens (primary N) is 1. The molecule has 1 rings (SSSR count). The van der Waals surface area contributed by atoms with Gasteiger partial charge in [0, 0.05) is 12.6 Å². The molecule has 0 fully saturated rings. The van der Waals surface area contributed by atoms with Crippen molar-refractivity contribution in [3.05, 3.63) is 18.2 Å². The fraction of sp³-hybridized carbons (Fsp3) is 0.500. The highest BCUT2D eigenvalue weighted by atomic mass is 35.5. The summed E-state index contributed by atoms with van der Waals surface area (Å²) in [6, 6.07) is -1.46. The van der Waals surface area contributed by atoms with Crippen molar-refractivity contribution in [3.8, 4) is 0 Å². The number of aromatic amines is 1. The molecule has 102 valence electrons. The average Bonchev–Trinajstić information content (AvgIpc) is 2.80. The van der Waals surface area contributed by atoms with E-state index in [1.807, 2.05) is 0 Å². The lowest BCUT2D eigenvalue weighted by atomic mass is 10.1. The van der Waals surface area contributed by atoms with E-state index in [2.05, 4.69) is 20.0 Å². The van der Waals surface area contributed by atoms with E-state index in [9.17, 15) is 9.59 Å². The van der Waals surface area contributed by atoms with Gasteiger partial charge in [-0.05, 0) is 6.92 Å². The molecule has 0 saturated heterocycles. The number of aromatic nitrogens is 2. The molecule has 1 aromatic heterocycles. The molecule has 0 aromatic carbocycles. The third-order valence-corrected chi connectivity index (χ3v) is 2.23. The summed E-state index contributed by atoms with van der Waals surface area (Å²) >= 11 is 0. The number of esters is 1. The third kappa shape index (κ3) is 4.72. The van der Waals surface area contributed by atoms with Crippen LogP contribution in [-0.4, -0.2) is 41.0 Å². The van der Waals surface area contributed by atoms with Gasteiger partial charge in [-0.25, -0.2) is 9.78 Å². The van der Waals surface area contributed by atoms with Gasteiger partial charge in [0.1, 0.15) is 6.04 Å². The van der Waals surface area contributed by atoms with E-state index in [4.69, 9.17) is 5.73 Å². The molecule has 0 aliphatic carbocycles. The summed E-state index contributed by atoms with van der Waals surface area (Å²) in [5.41, 5.74) is 6.37. The summed E-state index contributed by atoms with van der Waals surface area (Å²) < 4.78 is 4.49. The Kier molecular flexibility index (Phi) is 6.99. The molecule has 1 aromatic rings. The van der Waals surface area contributed by atoms with Gasteiger partial charge in [-0.15, -0.1) is 12.4 Å². The first kappa shape index (κ1) is 16.4. The van der Waals surface area contributed by atoms with E-state index in [0.717, 1.165) is 0 Å². The number of hydrogen-bond donors (Lipinski definition) is 3. The number of H-pyrrole nitrogens is 1. The Bertz CT molecular complexity index is 382. The lowest BCUT2D eigenvalue weighted by molar-refractivity contribution is -0.144. The van der Waals surface area contributed by atoms with E-state index < -0.39 is 24.0 Å². The molecule has 1 amide bonds. The van der Waals surface area contributed by atoms with Crippen molar-refractivity contribution < 1.29 is 14.3 Å². The van der Waals surface area contributed by atoms with Crippen LogP contribution in [0.4, 0.5) is 0 Å². The molecule has 0 unspecified atom stereocenters. The zero-order valence-electron chi connectivity index (χ0n) is 10.2. The van der Waals surface area contributed by atoms with Crippen LogP contribution in [0.1, 0.15) is 12.6 Å². The SMILES string of the molecule is COC(=O)[C@H](C)NC(=O)[C@H](N)Cc1c[nH]cn1.Cl. The second-order valence-electron chi connectivity index (χ2n) is 3.62. The molecule has 4 N–H and O–H groups in total. The van der Waals surface area contributed by atoms with Crippen LogP contribution in [0.3, 0.4) is 0 Å². The van der Waals surface area contributed by atoms with Crippen molar-refractivity contribution in [2.45, 2.75) is 25.4 Å². The van der Waals surface area contributed by atoms with Crippen molar-refractivity contribution in [2.24, 2.45) is 5.73 Å². The van der Waals surface area contributed by atoms with Crippen LogP contribution in [0.15, 0.2) is 12.5 Å². The molecule has 0 aliphatic heterocycles. The molecule has 8 heteroatoms. The number of nitrogens with zero attached hydrogens (tertiary/aromatic N) is 1. The molecule has 7 nitrogen and oxygen atoms in total. The minimum Gasteiger partial charge on any atom is -0.467 e. The molecular formula is C10H17ClN4O3. The van der Waals surface area contributed by atoms with Gasteiger partial charge in [0.2, 0.25) is 5.91 Å². The maximum absolute atomic E-state index is 11.6. The Morgan fingerprint density at radius 1 is 1.61 bits per heavy atom. The first-order valence-electron chi connectivity index (χ1n) is 5.16. The monoisotopic (exact) mass is 276 g/mol. The number of carbonyl (C=O) groups is 2. The predicted molar refractivity (Wildman–Crippen MR) is 67.1 cm³/mol. The Morgan fingerprint density at radius 3 is 2.78 bits per heavy atom. The van der Waals surface area contributed by atoms with Crippen LogP contribution in [0.5, 0.6) is 0 Å². The normalized spacial score (nSPS) is 13.1. The van der Waals surface area contributed by atoms with Crippen LogP contribution in [0.25, 0.3) is 0 Å². The number of amides is 1. The van der Waals surface area contributed by atoms with Crippen molar-refractivity contribution in [1.82, 2.24) is 15.3 Å². The second kappa shape index (κ2) is 7.67. The average molecular weight is 277 g/mol. The highest BCUT2D eigenvalue weighted by Gasteiger charge is 2.20. The minimum atomic E-state index is -0.745. The van der Waals surface area contributed by atoms with Crippen LogP contribution in [-0.2, 0) is 20.7 Å². The molecule has 1 heterocycles. The number of carbonyl (C=O) groups excluding carboxylic acids is 2. The van der Waals surface area contributed by atoms with E-state index in [1.54, 1.807) is 6.20 Å². The molecule has 0 saturated carbocycles. The van der Waals surface area contributed by atoms with Crippen molar-refractivity contribution in [1.29, 1.82) is 0 Å². The van der Waals surface area contributed by atoms with Crippen LogP contribution in [0.2, 0.25) is 0 Å². The van der Waals surface area contributed by atoms with Crippen molar-refractivity contribution in [2.75, 3.05) is 7.11 Å². The molecule has 2 atom stereocenters. The van der Waals surface area contributed by atoms with E-state index >= 15 is 0 Å². The van der Waals surface area contributed by atoms with E-state index in [0.29, 0.717) is 12.1 Å². The number of rotatable bonds is 5. The van der Waals surface area contributed by atoms with Crippen LogP contribution < -0.4 is 11.1 Å². The van der Waals surface area contributed by atoms with Crippen molar-refractivity contribution in [3.63, 3.8) is 0 Å². The van der Waals surface area contributed by atoms with Crippen molar-refractivity contribution >= 4 is 24.3 Å². The smallest absolute Gasteiger partial charge is 0.328 e. The molecular weight excluding hydrogens is 260 g/mol. The molecule has 0 spiro atoms. The first-order chi connectivity index (χ1) is 8.04. The maximum atomic E-state index is 11.6. The summed E-state index contributed by atoms with van der Waals surface area (Å²) in [5, 5.41) is 2.47. The lowest BCUT2D eigenvalue weighted by Crippen LogP contribution is -2.48. The number of ether oxygens (including phenoxy) is 1. The van der Waals surface area contributed by atoms with E-state index in [-0.39, 0.29) is 12.4 Å². The predicted octanol–water partition coefficient (Wildman–Crippen LogP) is -0.621. The third-order valence-electron chi connectivity index (χ3n) is 2.23. The number of imidazole rings is 1. The quantitative estimate of drug-likeness (QED) is 0.621. The standard InChI is InChI=1S/C10H16N4O3.ClH/c1-6(10(16)17-2)14-9(15)8(11)3-7-4-12-5-13-7;/h4-6,8H,3,11H2,1-2H3,(H,12,13)(H,14,15);1H/t6-,8+;/m0./s1. The highest BCUT2D eigenvalue weighted by molar-refractivity contribution is 5.87. The van der Waals surface area contributed by atoms with Crippen LogP contribution in [0, 0.1) is 0 Å². The molecule has 0 aliphatic rings. The summed E-state index contributed by atoms with van der Waals surface area (Å²) in [6.45, 7) is 1.53.